The van der Waals surface area contributed by atoms with Crippen LogP contribution in [-0.2, 0) is 18.3 Å². The first kappa shape index (κ1) is 23.9. The quantitative estimate of drug-likeness (QED) is 0.496. The summed E-state index contributed by atoms with van der Waals surface area (Å²) in [5.41, 5.74) is 3.99. The normalized spacial score (nSPS) is 14.2. The highest BCUT2D eigenvalue weighted by molar-refractivity contribution is 7.99. The Bertz CT molecular complexity index is 1110. The van der Waals surface area contributed by atoms with E-state index in [2.05, 4.69) is 52.0 Å². The van der Waals surface area contributed by atoms with E-state index < -0.39 is 0 Å². The van der Waals surface area contributed by atoms with Crippen LogP contribution < -0.4 is 5.32 Å². The van der Waals surface area contributed by atoms with E-state index in [0.29, 0.717) is 22.3 Å². The first-order chi connectivity index (χ1) is 16.5. The largest absolute Gasteiger partial charge is 0.339 e. The number of nitrogens with zero attached hydrogens (tertiary/aromatic N) is 5. The van der Waals surface area contributed by atoms with Crippen molar-refractivity contribution in [3.8, 4) is 0 Å². The van der Waals surface area contributed by atoms with E-state index in [9.17, 15) is 9.59 Å². The number of carbonyl (C=O) groups is 2. The van der Waals surface area contributed by atoms with Gasteiger partial charge >= 0.3 is 0 Å². The maximum absolute atomic E-state index is 12.9. The monoisotopic (exact) mass is 478 g/mol. The van der Waals surface area contributed by atoms with Crippen molar-refractivity contribution in [2.75, 3.05) is 24.2 Å². The average Bonchev–Trinajstić information content (AvgIpc) is 3.27. The van der Waals surface area contributed by atoms with Gasteiger partial charge in [-0.25, -0.2) is 4.68 Å². The van der Waals surface area contributed by atoms with Gasteiger partial charge < -0.3 is 10.2 Å². The number of anilines is 1. The van der Waals surface area contributed by atoms with Crippen molar-refractivity contribution in [3.05, 3.63) is 65.2 Å². The third-order valence-corrected chi connectivity index (χ3v) is 7.20. The summed E-state index contributed by atoms with van der Waals surface area (Å²) in [5.74, 6) is 0.770. The highest BCUT2D eigenvalue weighted by Gasteiger charge is 2.23. The molecule has 9 heteroatoms. The second kappa shape index (κ2) is 11.3. The molecule has 1 aliphatic heterocycles. The molecular formula is C25H30N6O2S. The molecule has 0 unspecified atom stereocenters. The molecule has 3 aromatic rings. The smallest absolute Gasteiger partial charge is 0.253 e. The van der Waals surface area contributed by atoms with Crippen LogP contribution in [0.3, 0.4) is 0 Å². The zero-order valence-electron chi connectivity index (χ0n) is 19.6. The maximum Gasteiger partial charge on any atom is 0.253 e. The van der Waals surface area contributed by atoms with Crippen LogP contribution in [0.15, 0.2) is 53.7 Å². The Kier molecular flexibility index (Phi) is 7.95. The lowest BCUT2D eigenvalue weighted by Crippen LogP contribution is -2.38. The zero-order valence-corrected chi connectivity index (χ0v) is 20.4. The topological polar surface area (TPSA) is 93.0 Å². The fraction of sp³-hybridized carbons (Fsp3) is 0.400. The summed E-state index contributed by atoms with van der Waals surface area (Å²) >= 11 is 1.26. The number of rotatable bonds is 8. The number of thioether (sulfide) groups is 1. The molecule has 0 bridgehead atoms. The number of tetrazole rings is 1. The molecule has 1 aliphatic rings. The Hall–Kier alpha value is -3.20. The summed E-state index contributed by atoms with van der Waals surface area (Å²) < 4.78 is 1.52. The van der Waals surface area contributed by atoms with Crippen molar-refractivity contribution < 1.29 is 9.59 Å². The number of benzene rings is 2. The molecule has 1 fully saturated rings. The molecule has 2 amide bonds. The molecule has 0 radical (unpaired) electrons. The number of nitrogens with one attached hydrogen (secondary N) is 1. The molecule has 1 aromatic heterocycles. The van der Waals surface area contributed by atoms with Crippen LogP contribution in [0.2, 0.25) is 0 Å². The lowest BCUT2D eigenvalue weighted by atomic mass is 9.90. The zero-order chi connectivity index (χ0) is 23.9. The second-order valence-corrected chi connectivity index (χ2v) is 9.70. The van der Waals surface area contributed by atoms with E-state index in [-0.39, 0.29) is 17.6 Å². The lowest BCUT2D eigenvalue weighted by Gasteiger charge is -2.32. The average molecular weight is 479 g/mol. The molecule has 0 saturated carbocycles. The van der Waals surface area contributed by atoms with E-state index >= 15 is 0 Å². The fourth-order valence-electron chi connectivity index (χ4n) is 4.10. The van der Waals surface area contributed by atoms with E-state index in [4.69, 9.17) is 0 Å². The molecule has 1 saturated heterocycles. The first-order valence-corrected chi connectivity index (χ1v) is 12.6. The van der Waals surface area contributed by atoms with Crippen molar-refractivity contribution in [1.29, 1.82) is 0 Å². The third-order valence-electron chi connectivity index (χ3n) is 6.19. The van der Waals surface area contributed by atoms with Crippen LogP contribution in [-0.4, -0.2) is 55.8 Å². The summed E-state index contributed by atoms with van der Waals surface area (Å²) in [6.45, 7) is 3.70. The molecule has 2 aromatic carbocycles. The predicted molar refractivity (Wildman–Crippen MR) is 133 cm³/mol. The third kappa shape index (κ3) is 6.44. The van der Waals surface area contributed by atoms with E-state index in [1.54, 1.807) is 31.3 Å². The fourth-order valence-corrected chi connectivity index (χ4v) is 4.75. The van der Waals surface area contributed by atoms with Crippen molar-refractivity contribution in [2.45, 2.75) is 37.8 Å². The molecule has 0 atom stereocenters. The molecule has 2 heterocycles. The molecule has 178 valence electrons. The van der Waals surface area contributed by atoms with Gasteiger partial charge in [0.05, 0.1) is 5.75 Å². The summed E-state index contributed by atoms with van der Waals surface area (Å²) in [6.07, 6.45) is 4.36. The number of aromatic nitrogens is 4. The Labute approximate surface area is 204 Å². The highest BCUT2D eigenvalue weighted by atomic mass is 32.2. The van der Waals surface area contributed by atoms with Gasteiger partial charge in [0.15, 0.2) is 0 Å². The first-order valence-electron chi connectivity index (χ1n) is 11.6. The van der Waals surface area contributed by atoms with Gasteiger partial charge in [-0.05, 0) is 78.8 Å². The van der Waals surface area contributed by atoms with Crippen molar-refractivity contribution >= 4 is 29.3 Å². The van der Waals surface area contributed by atoms with Crippen LogP contribution in [0.1, 0.15) is 40.7 Å². The molecule has 4 rings (SSSR count). The molecule has 1 N–H and O–H groups in total. The lowest BCUT2D eigenvalue weighted by molar-refractivity contribution is -0.113. The van der Waals surface area contributed by atoms with Crippen molar-refractivity contribution in [2.24, 2.45) is 13.0 Å². The van der Waals surface area contributed by atoms with Crippen LogP contribution in [0.5, 0.6) is 0 Å². The standard InChI is InChI=1S/C25H30N6O2S/c1-18-3-5-19(6-4-18)7-8-20-13-15-31(16-14-20)24(33)21-9-11-22(12-10-21)26-23(32)17-34-25-27-28-29-30(25)2/h3-6,9-12,20H,7-8,13-17H2,1-2H3,(H,26,32). The number of piperidine rings is 1. The molecular weight excluding hydrogens is 448 g/mol. The Morgan fingerprint density at radius 1 is 1.06 bits per heavy atom. The van der Waals surface area contributed by atoms with Gasteiger partial charge in [0.25, 0.3) is 5.91 Å². The van der Waals surface area contributed by atoms with Crippen molar-refractivity contribution in [3.63, 3.8) is 0 Å². The molecule has 34 heavy (non-hydrogen) atoms. The summed E-state index contributed by atoms with van der Waals surface area (Å²) in [4.78, 5) is 27.1. The minimum absolute atomic E-state index is 0.0557. The van der Waals surface area contributed by atoms with Gasteiger partial charge in [0.1, 0.15) is 0 Å². The van der Waals surface area contributed by atoms with E-state index in [1.165, 1.54) is 34.0 Å². The number of amides is 2. The number of hydrogen-bond acceptors (Lipinski definition) is 6. The Balaban J connectivity index is 1.21. The SMILES string of the molecule is Cc1ccc(CCC2CCN(C(=O)c3ccc(NC(=O)CSc4nnnn4C)cc3)CC2)cc1. The Morgan fingerprint density at radius 3 is 2.41 bits per heavy atom. The maximum atomic E-state index is 12.9. The van der Waals surface area contributed by atoms with Crippen LogP contribution >= 0.6 is 11.8 Å². The van der Waals surface area contributed by atoms with Gasteiger partial charge in [-0.2, -0.15) is 0 Å². The van der Waals surface area contributed by atoms with E-state index in [1.807, 2.05) is 4.90 Å². The minimum Gasteiger partial charge on any atom is -0.339 e. The Morgan fingerprint density at radius 2 is 1.76 bits per heavy atom. The predicted octanol–water partition coefficient (Wildman–Crippen LogP) is 3.73. The minimum atomic E-state index is -0.153. The molecule has 0 aliphatic carbocycles. The second-order valence-electron chi connectivity index (χ2n) is 8.76. The number of likely N-dealkylation sites (tertiary alicyclic amines) is 1. The van der Waals surface area contributed by atoms with Crippen LogP contribution in [0.4, 0.5) is 5.69 Å². The van der Waals surface area contributed by atoms with Gasteiger partial charge in [0.2, 0.25) is 11.1 Å². The molecule has 8 nitrogen and oxygen atoms in total. The summed E-state index contributed by atoms with van der Waals surface area (Å²) in [6, 6.07) is 15.9. The van der Waals surface area contributed by atoms with Crippen molar-refractivity contribution in [1.82, 2.24) is 25.1 Å². The number of hydrogen-bond donors (Lipinski definition) is 1. The van der Waals surface area contributed by atoms with Gasteiger partial charge in [0, 0.05) is 31.4 Å². The number of aryl methyl sites for hydroxylation is 3. The molecule has 0 spiro atoms. The van der Waals surface area contributed by atoms with Gasteiger partial charge in [-0.1, -0.05) is 41.6 Å². The van der Waals surface area contributed by atoms with Gasteiger partial charge in [-0.3, -0.25) is 9.59 Å². The van der Waals surface area contributed by atoms with E-state index in [0.717, 1.165) is 32.4 Å². The summed E-state index contributed by atoms with van der Waals surface area (Å²) in [7, 11) is 1.73. The number of carbonyl (C=O) groups excluding carboxylic acids is 2. The van der Waals surface area contributed by atoms with Gasteiger partial charge in [-0.15, -0.1) is 5.10 Å². The summed E-state index contributed by atoms with van der Waals surface area (Å²) in [5, 5.41) is 14.6. The highest BCUT2D eigenvalue weighted by Crippen LogP contribution is 2.24. The van der Waals surface area contributed by atoms with Crippen LogP contribution in [0, 0.1) is 12.8 Å². The van der Waals surface area contributed by atoms with Crippen LogP contribution in [0.25, 0.3) is 0 Å².